The largest absolute Gasteiger partial charge is 0.459 e. The van der Waals surface area contributed by atoms with Crippen LogP contribution in [0, 0.1) is 5.82 Å². The molecule has 0 spiro atoms. The van der Waals surface area contributed by atoms with Crippen molar-refractivity contribution < 1.29 is 13.6 Å². The van der Waals surface area contributed by atoms with E-state index in [9.17, 15) is 9.18 Å². The van der Waals surface area contributed by atoms with E-state index in [2.05, 4.69) is 11.0 Å². The third-order valence-corrected chi connectivity index (χ3v) is 5.66. The van der Waals surface area contributed by atoms with Crippen LogP contribution < -0.4 is 0 Å². The van der Waals surface area contributed by atoms with Crippen LogP contribution in [-0.2, 0) is 6.54 Å². The van der Waals surface area contributed by atoms with Crippen molar-refractivity contribution in [3.63, 3.8) is 0 Å². The smallest absolute Gasteiger partial charge is 0.289 e. The van der Waals surface area contributed by atoms with Crippen LogP contribution in [0.1, 0.15) is 15.4 Å². The average molecular weight is 370 g/mol. The lowest BCUT2D eigenvalue weighted by Gasteiger charge is -2.34. The predicted octanol–water partition coefficient (Wildman–Crippen LogP) is 4.11. The molecule has 1 aliphatic rings. The minimum atomic E-state index is -0.213. The van der Waals surface area contributed by atoms with Gasteiger partial charge in [-0.25, -0.2) is 4.39 Å². The van der Waals surface area contributed by atoms with E-state index in [1.807, 2.05) is 17.0 Å². The SMILES string of the molecule is O=C(c1ccco1)N1CCN(Cc2ccc(-c3cccc(F)c3)s2)CC1. The number of piperazine rings is 1. The van der Waals surface area contributed by atoms with Crippen LogP contribution >= 0.6 is 11.3 Å². The number of carbonyl (C=O) groups excluding carboxylic acids is 1. The highest BCUT2D eigenvalue weighted by Crippen LogP contribution is 2.29. The molecule has 3 heterocycles. The van der Waals surface area contributed by atoms with E-state index in [0.29, 0.717) is 18.8 Å². The molecule has 4 nitrogen and oxygen atoms in total. The number of thiophene rings is 1. The van der Waals surface area contributed by atoms with Crippen LogP contribution in [0.3, 0.4) is 0 Å². The molecule has 0 unspecified atom stereocenters. The molecule has 0 radical (unpaired) electrons. The standard InChI is InChI=1S/C20H19FN2O2S/c21-16-4-1-3-15(13-16)19-7-6-17(26-19)14-22-8-10-23(11-9-22)20(24)18-5-2-12-25-18/h1-7,12-13H,8-11,14H2. The van der Waals surface area contributed by atoms with Crippen molar-refractivity contribution in [3.05, 3.63) is 71.2 Å². The number of halogens is 1. The highest BCUT2D eigenvalue weighted by molar-refractivity contribution is 7.15. The summed E-state index contributed by atoms with van der Waals surface area (Å²) in [6.07, 6.45) is 1.52. The number of nitrogens with zero attached hydrogens (tertiary/aromatic N) is 2. The van der Waals surface area contributed by atoms with Gasteiger partial charge < -0.3 is 9.32 Å². The third-order valence-electron chi connectivity index (χ3n) is 4.54. The summed E-state index contributed by atoms with van der Waals surface area (Å²) >= 11 is 1.69. The second-order valence-electron chi connectivity index (χ2n) is 6.32. The van der Waals surface area contributed by atoms with Crippen molar-refractivity contribution in [1.29, 1.82) is 0 Å². The molecule has 0 atom stereocenters. The molecule has 1 aromatic carbocycles. The van der Waals surface area contributed by atoms with Crippen LogP contribution in [0.15, 0.2) is 59.2 Å². The molecule has 2 aromatic heterocycles. The number of hydrogen-bond acceptors (Lipinski definition) is 4. The van der Waals surface area contributed by atoms with Crippen molar-refractivity contribution in [2.24, 2.45) is 0 Å². The first kappa shape index (κ1) is 17.0. The zero-order valence-corrected chi connectivity index (χ0v) is 15.0. The van der Waals surface area contributed by atoms with Gasteiger partial charge in [0.1, 0.15) is 5.82 Å². The molecule has 0 aliphatic carbocycles. The zero-order chi connectivity index (χ0) is 17.9. The monoisotopic (exact) mass is 370 g/mol. The maximum Gasteiger partial charge on any atom is 0.289 e. The molecule has 4 rings (SSSR count). The number of rotatable bonds is 4. The van der Waals surface area contributed by atoms with E-state index in [-0.39, 0.29) is 11.7 Å². The van der Waals surface area contributed by atoms with Crippen molar-refractivity contribution in [1.82, 2.24) is 9.80 Å². The average Bonchev–Trinajstić information content (AvgIpc) is 3.34. The van der Waals surface area contributed by atoms with E-state index in [1.54, 1.807) is 35.6 Å². The number of benzene rings is 1. The van der Waals surface area contributed by atoms with Crippen LogP contribution in [0.2, 0.25) is 0 Å². The van der Waals surface area contributed by atoms with E-state index in [4.69, 9.17) is 4.42 Å². The second-order valence-corrected chi connectivity index (χ2v) is 7.49. The molecule has 1 fully saturated rings. The number of furan rings is 1. The predicted molar refractivity (Wildman–Crippen MR) is 99.6 cm³/mol. The Balaban J connectivity index is 1.34. The summed E-state index contributed by atoms with van der Waals surface area (Å²) in [5.74, 6) is 0.144. The van der Waals surface area contributed by atoms with E-state index in [0.717, 1.165) is 30.1 Å². The Kier molecular flexibility index (Phi) is 4.86. The summed E-state index contributed by atoms with van der Waals surface area (Å²) in [5, 5.41) is 0. The van der Waals surface area contributed by atoms with Gasteiger partial charge >= 0.3 is 0 Å². The molecule has 0 N–H and O–H groups in total. The zero-order valence-electron chi connectivity index (χ0n) is 14.2. The maximum absolute atomic E-state index is 13.4. The van der Waals surface area contributed by atoms with E-state index >= 15 is 0 Å². The quantitative estimate of drug-likeness (QED) is 0.694. The van der Waals surface area contributed by atoms with Crippen molar-refractivity contribution in [2.45, 2.75) is 6.54 Å². The Labute approximate surface area is 155 Å². The van der Waals surface area contributed by atoms with Crippen molar-refractivity contribution in [3.8, 4) is 10.4 Å². The topological polar surface area (TPSA) is 36.7 Å². The van der Waals surface area contributed by atoms with Gasteiger partial charge in [-0.05, 0) is 42.0 Å². The minimum Gasteiger partial charge on any atom is -0.459 e. The summed E-state index contributed by atoms with van der Waals surface area (Å²) in [6, 6.07) is 14.3. The van der Waals surface area contributed by atoms with Crippen LogP contribution in [-0.4, -0.2) is 41.9 Å². The molecule has 134 valence electrons. The second kappa shape index (κ2) is 7.43. The molecule has 1 aliphatic heterocycles. The molecular formula is C20H19FN2O2S. The Morgan fingerprint density at radius 2 is 1.92 bits per heavy atom. The van der Waals surface area contributed by atoms with Gasteiger partial charge in [0.25, 0.3) is 5.91 Å². The van der Waals surface area contributed by atoms with Crippen LogP contribution in [0.5, 0.6) is 0 Å². The fourth-order valence-corrected chi connectivity index (χ4v) is 4.19. The summed E-state index contributed by atoms with van der Waals surface area (Å²) in [7, 11) is 0. The van der Waals surface area contributed by atoms with Gasteiger partial charge in [0.05, 0.1) is 6.26 Å². The molecule has 6 heteroatoms. The molecule has 1 saturated heterocycles. The third kappa shape index (κ3) is 3.71. The van der Waals surface area contributed by atoms with Gasteiger partial charge in [0, 0.05) is 42.5 Å². The van der Waals surface area contributed by atoms with Gasteiger partial charge in [-0.1, -0.05) is 12.1 Å². The summed E-state index contributed by atoms with van der Waals surface area (Å²) in [5.41, 5.74) is 0.912. The van der Waals surface area contributed by atoms with E-state index < -0.39 is 0 Å². The Hall–Kier alpha value is -2.44. The molecule has 0 saturated carbocycles. The summed E-state index contributed by atoms with van der Waals surface area (Å²) in [6.45, 7) is 3.91. The lowest BCUT2D eigenvalue weighted by molar-refractivity contribution is 0.0599. The lowest BCUT2D eigenvalue weighted by Crippen LogP contribution is -2.48. The van der Waals surface area contributed by atoms with Gasteiger partial charge in [-0.3, -0.25) is 9.69 Å². The van der Waals surface area contributed by atoms with Gasteiger partial charge in [-0.2, -0.15) is 0 Å². The Morgan fingerprint density at radius 3 is 2.65 bits per heavy atom. The van der Waals surface area contributed by atoms with Crippen molar-refractivity contribution >= 4 is 17.2 Å². The van der Waals surface area contributed by atoms with Crippen LogP contribution in [0.25, 0.3) is 10.4 Å². The van der Waals surface area contributed by atoms with E-state index in [1.165, 1.54) is 17.2 Å². The minimum absolute atomic E-state index is 0.0424. The first-order valence-electron chi connectivity index (χ1n) is 8.59. The normalized spacial score (nSPS) is 15.3. The highest BCUT2D eigenvalue weighted by Gasteiger charge is 2.23. The summed E-state index contributed by atoms with van der Waals surface area (Å²) in [4.78, 5) is 18.8. The molecular weight excluding hydrogens is 351 g/mol. The first-order chi connectivity index (χ1) is 12.7. The number of carbonyl (C=O) groups is 1. The Morgan fingerprint density at radius 1 is 1.08 bits per heavy atom. The summed E-state index contributed by atoms with van der Waals surface area (Å²) < 4.78 is 18.6. The molecule has 26 heavy (non-hydrogen) atoms. The molecule has 1 amide bonds. The van der Waals surface area contributed by atoms with Crippen LogP contribution in [0.4, 0.5) is 4.39 Å². The maximum atomic E-state index is 13.4. The highest BCUT2D eigenvalue weighted by atomic mass is 32.1. The lowest BCUT2D eigenvalue weighted by atomic mass is 10.2. The Bertz CT molecular complexity index is 883. The molecule has 3 aromatic rings. The van der Waals surface area contributed by atoms with Gasteiger partial charge in [0.15, 0.2) is 5.76 Å². The fraction of sp³-hybridized carbons (Fsp3) is 0.250. The first-order valence-corrected chi connectivity index (χ1v) is 9.40. The van der Waals surface area contributed by atoms with Crippen molar-refractivity contribution in [2.75, 3.05) is 26.2 Å². The number of hydrogen-bond donors (Lipinski definition) is 0. The molecule has 0 bridgehead atoms. The van der Waals surface area contributed by atoms with Gasteiger partial charge in [-0.15, -0.1) is 11.3 Å². The number of amides is 1. The fourth-order valence-electron chi connectivity index (χ4n) is 3.15. The van der Waals surface area contributed by atoms with Gasteiger partial charge in [0.2, 0.25) is 0 Å².